The lowest BCUT2D eigenvalue weighted by Gasteiger charge is -2.00. The number of benzene rings is 2. The standard InChI is InChI=1S/C19H18F2N2S2/c20-14-1-5-18(6-2-14)24-11-9-16-13-17(23-22-16)10-12-25-19-7-3-15(21)4-8-19/h1-8,13H,9-12H2,(H,22,23). The number of aromatic nitrogens is 2. The van der Waals surface area contributed by atoms with Gasteiger partial charge in [0.05, 0.1) is 5.69 Å². The number of hydrogen-bond acceptors (Lipinski definition) is 3. The van der Waals surface area contributed by atoms with Crippen molar-refractivity contribution in [1.29, 1.82) is 0 Å². The summed E-state index contributed by atoms with van der Waals surface area (Å²) in [6.07, 6.45) is 1.75. The number of aryl methyl sites for hydroxylation is 2. The number of nitrogens with zero attached hydrogens (tertiary/aromatic N) is 1. The van der Waals surface area contributed by atoms with E-state index in [9.17, 15) is 8.78 Å². The molecule has 0 bridgehead atoms. The van der Waals surface area contributed by atoms with E-state index in [0.29, 0.717) is 0 Å². The SMILES string of the molecule is Fc1ccc(SCCc2cc(CCSc3ccc(F)cc3)[nH]n2)cc1. The van der Waals surface area contributed by atoms with Crippen molar-refractivity contribution in [1.82, 2.24) is 10.2 Å². The highest BCUT2D eigenvalue weighted by atomic mass is 32.2. The Kier molecular flexibility index (Phi) is 6.53. The lowest BCUT2D eigenvalue weighted by Crippen LogP contribution is -1.89. The van der Waals surface area contributed by atoms with E-state index < -0.39 is 0 Å². The summed E-state index contributed by atoms with van der Waals surface area (Å²) in [7, 11) is 0. The molecule has 0 atom stereocenters. The smallest absolute Gasteiger partial charge is 0.123 e. The largest absolute Gasteiger partial charge is 0.282 e. The van der Waals surface area contributed by atoms with E-state index in [2.05, 4.69) is 16.3 Å². The van der Waals surface area contributed by atoms with Crippen molar-refractivity contribution in [3.05, 3.63) is 77.6 Å². The molecule has 0 aliphatic carbocycles. The van der Waals surface area contributed by atoms with E-state index in [1.54, 1.807) is 47.8 Å². The van der Waals surface area contributed by atoms with Crippen LogP contribution in [-0.4, -0.2) is 21.7 Å². The molecule has 0 fully saturated rings. The van der Waals surface area contributed by atoms with Crippen LogP contribution in [0.1, 0.15) is 11.4 Å². The van der Waals surface area contributed by atoms with Gasteiger partial charge in [0.2, 0.25) is 0 Å². The van der Waals surface area contributed by atoms with Crippen LogP contribution in [0.15, 0.2) is 64.4 Å². The van der Waals surface area contributed by atoms with Gasteiger partial charge in [-0.1, -0.05) is 0 Å². The first kappa shape index (κ1) is 18.0. The van der Waals surface area contributed by atoms with Gasteiger partial charge in [-0.3, -0.25) is 5.10 Å². The minimum atomic E-state index is -0.209. The maximum atomic E-state index is 12.9. The molecule has 2 nitrogen and oxygen atoms in total. The Labute approximate surface area is 154 Å². The molecule has 0 unspecified atom stereocenters. The van der Waals surface area contributed by atoms with Gasteiger partial charge in [-0.15, -0.1) is 23.5 Å². The van der Waals surface area contributed by atoms with Gasteiger partial charge in [0.25, 0.3) is 0 Å². The number of rotatable bonds is 8. The second-order valence-corrected chi connectivity index (χ2v) is 7.83. The average Bonchev–Trinajstić information content (AvgIpc) is 3.06. The van der Waals surface area contributed by atoms with Crippen LogP contribution in [0.3, 0.4) is 0 Å². The van der Waals surface area contributed by atoms with Gasteiger partial charge in [0.1, 0.15) is 11.6 Å². The van der Waals surface area contributed by atoms with Crippen molar-refractivity contribution < 1.29 is 8.78 Å². The van der Waals surface area contributed by atoms with E-state index in [0.717, 1.165) is 45.5 Å². The third-order valence-electron chi connectivity index (χ3n) is 3.58. The fraction of sp³-hybridized carbons (Fsp3) is 0.211. The maximum absolute atomic E-state index is 12.9. The van der Waals surface area contributed by atoms with Gasteiger partial charge in [-0.05, 0) is 61.0 Å². The van der Waals surface area contributed by atoms with Crippen LogP contribution < -0.4 is 0 Å². The van der Waals surface area contributed by atoms with Crippen molar-refractivity contribution in [3.63, 3.8) is 0 Å². The van der Waals surface area contributed by atoms with Crippen LogP contribution in [0.4, 0.5) is 8.78 Å². The highest BCUT2D eigenvalue weighted by Crippen LogP contribution is 2.21. The molecule has 0 saturated heterocycles. The number of halogens is 2. The van der Waals surface area contributed by atoms with Gasteiger partial charge in [0, 0.05) is 33.4 Å². The van der Waals surface area contributed by atoms with E-state index in [1.807, 2.05) is 0 Å². The van der Waals surface area contributed by atoms with Gasteiger partial charge >= 0.3 is 0 Å². The minimum Gasteiger partial charge on any atom is -0.282 e. The summed E-state index contributed by atoms with van der Waals surface area (Å²) >= 11 is 3.39. The summed E-state index contributed by atoms with van der Waals surface area (Å²) in [5.41, 5.74) is 2.15. The van der Waals surface area contributed by atoms with Crippen LogP contribution in [-0.2, 0) is 12.8 Å². The average molecular weight is 376 g/mol. The van der Waals surface area contributed by atoms with Crippen LogP contribution >= 0.6 is 23.5 Å². The zero-order valence-electron chi connectivity index (χ0n) is 13.5. The number of thioether (sulfide) groups is 2. The molecule has 0 spiro atoms. The monoisotopic (exact) mass is 376 g/mol. The zero-order chi connectivity index (χ0) is 17.5. The first-order valence-electron chi connectivity index (χ1n) is 7.99. The molecule has 0 amide bonds. The minimum absolute atomic E-state index is 0.207. The number of hydrogen-bond donors (Lipinski definition) is 1. The molecule has 2 aromatic carbocycles. The molecular weight excluding hydrogens is 358 g/mol. The normalized spacial score (nSPS) is 11.0. The lowest BCUT2D eigenvalue weighted by atomic mass is 10.3. The molecule has 1 aromatic heterocycles. The third-order valence-corrected chi connectivity index (χ3v) is 5.61. The molecule has 0 radical (unpaired) electrons. The molecule has 1 N–H and O–H groups in total. The molecule has 6 heteroatoms. The Bertz CT molecular complexity index is 720. The van der Waals surface area contributed by atoms with Crippen LogP contribution in [0.5, 0.6) is 0 Å². The van der Waals surface area contributed by atoms with Gasteiger partial charge < -0.3 is 0 Å². The fourth-order valence-electron chi connectivity index (χ4n) is 2.28. The Morgan fingerprint density at radius 3 is 1.84 bits per heavy atom. The van der Waals surface area contributed by atoms with Crippen molar-refractivity contribution in [3.8, 4) is 0 Å². The van der Waals surface area contributed by atoms with E-state index >= 15 is 0 Å². The maximum Gasteiger partial charge on any atom is 0.123 e. The number of H-pyrrole nitrogens is 1. The predicted molar refractivity (Wildman–Crippen MR) is 100 cm³/mol. The van der Waals surface area contributed by atoms with Crippen LogP contribution in [0, 0.1) is 11.6 Å². The zero-order valence-corrected chi connectivity index (χ0v) is 15.2. The van der Waals surface area contributed by atoms with Crippen molar-refractivity contribution in [2.75, 3.05) is 11.5 Å². The summed E-state index contributed by atoms with van der Waals surface area (Å²) in [6.45, 7) is 0. The molecular formula is C19H18F2N2S2. The highest BCUT2D eigenvalue weighted by molar-refractivity contribution is 7.99. The molecule has 25 heavy (non-hydrogen) atoms. The summed E-state index contributed by atoms with van der Waals surface area (Å²) in [4.78, 5) is 2.13. The van der Waals surface area contributed by atoms with E-state index in [-0.39, 0.29) is 11.6 Å². The third kappa shape index (κ3) is 5.90. The first-order chi connectivity index (χ1) is 12.2. The molecule has 0 saturated carbocycles. The van der Waals surface area contributed by atoms with Gasteiger partial charge in [0.15, 0.2) is 0 Å². The summed E-state index contributed by atoms with van der Waals surface area (Å²) in [6, 6.07) is 15.2. The molecule has 3 rings (SSSR count). The molecule has 0 aliphatic rings. The summed E-state index contributed by atoms with van der Waals surface area (Å²) in [5, 5.41) is 7.42. The first-order valence-corrected chi connectivity index (χ1v) is 9.96. The highest BCUT2D eigenvalue weighted by Gasteiger charge is 2.03. The predicted octanol–water partition coefficient (Wildman–Crippen LogP) is 5.36. The van der Waals surface area contributed by atoms with Crippen molar-refractivity contribution in [2.45, 2.75) is 22.6 Å². The second kappa shape index (κ2) is 9.06. The quantitative estimate of drug-likeness (QED) is 0.537. The molecule has 0 aliphatic heterocycles. The molecule has 130 valence electrons. The van der Waals surface area contributed by atoms with Crippen LogP contribution in [0.2, 0.25) is 0 Å². The van der Waals surface area contributed by atoms with Crippen molar-refractivity contribution in [2.24, 2.45) is 0 Å². The number of aromatic amines is 1. The second-order valence-electron chi connectivity index (χ2n) is 5.49. The Balaban J connectivity index is 1.39. The van der Waals surface area contributed by atoms with Gasteiger partial charge in [-0.2, -0.15) is 5.10 Å². The number of nitrogens with one attached hydrogen (secondary N) is 1. The molecule has 1 heterocycles. The van der Waals surface area contributed by atoms with E-state index in [4.69, 9.17) is 0 Å². The molecule has 3 aromatic rings. The Morgan fingerprint density at radius 2 is 1.28 bits per heavy atom. The van der Waals surface area contributed by atoms with Crippen LogP contribution in [0.25, 0.3) is 0 Å². The topological polar surface area (TPSA) is 28.7 Å². The van der Waals surface area contributed by atoms with Crippen molar-refractivity contribution >= 4 is 23.5 Å². The Morgan fingerprint density at radius 1 is 0.760 bits per heavy atom. The summed E-state index contributed by atoms with van der Waals surface area (Å²) < 4.78 is 25.7. The summed E-state index contributed by atoms with van der Waals surface area (Å²) in [5.74, 6) is 1.40. The lowest BCUT2D eigenvalue weighted by molar-refractivity contribution is 0.626. The fourth-order valence-corrected chi connectivity index (χ4v) is 4.04. The van der Waals surface area contributed by atoms with E-state index in [1.165, 1.54) is 24.3 Å². The Hall–Kier alpha value is -1.79. The van der Waals surface area contributed by atoms with Gasteiger partial charge in [-0.25, -0.2) is 8.78 Å².